The lowest BCUT2D eigenvalue weighted by Crippen LogP contribution is -2.32. The summed E-state index contributed by atoms with van der Waals surface area (Å²) in [5, 5.41) is 0. The lowest BCUT2D eigenvalue weighted by atomic mass is 9.91. The molecule has 1 saturated heterocycles. The third kappa shape index (κ3) is 3.98. The van der Waals surface area contributed by atoms with E-state index >= 15 is 0 Å². The number of halogens is 1. The SMILES string of the molecule is C=C1C(Sc2ccc(-n3cnc(C)c3)cc2)=CC=C2CCCC(c3ccc(F)cc3)N12. The molecule has 0 spiro atoms. The van der Waals surface area contributed by atoms with E-state index in [0.29, 0.717) is 0 Å². The van der Waals surface area contributed by atoms with E-state index in [-0.39, 0.29) is 11.9 Å². The maximum Gasteiger partial charge on any atom is 0.123 e. The molecule has 3 heterocycles. The van der Waals surface area contributed by atoms with Gasteiger partial charge < -0.3 is 9.47 Å². The van der Waals surface area contributed by atoms with Crippen molar-refractivity contribution in [2.45, 2.75) is 37.1 Å². The minimum absolute atomic E-state index is 0.196. The summed E-state index contributed by atoms with van der Waals surface area (Å²) >= 11 is 1.73. The van der Waals surface area contributed by atoms with Crippen molar-refractivity contribution in [2.24, 2.45) is 0 Å². The highest BCUT2D eigenvalue weighted by atomic mass is 32.2. The standard InChI is InChI=1S/C26H24FN3S/c1-18-16-29(17-28-18)22-10-13-24(14-11-22)31-26-15-12-23-4-3-5-25(30(23)19(26)2)20-6-8-21(27)9-7-20/h6-17,25H,2-5H2,1H3. The molecule has 0 amide bonds. The molecule has 5 rings (SSSR count). The summed E-state index contributed by atoms with van der Waals surface area (Å²) in [6.07, 6.45) is 11.5. The molecule has 0 saturated carbocycles. The second-order valence-electron chi connectivity index (χ2n) is 7.98. The van der Waals surface area contributed by atoms with Crippen LogP contribution in [-0.2, 0) is 0 Å². The number of fused-ring (bicyclic) bond motifs is 1. The van der Waals surface area contributed by atoms with Crippen molar-refractivity contribution in [2.75, 3.05) is 0 Å². The Morgan fingerprint density at radius 3 is 2.55 bits per heavy atom. The number of nitrogens with zero attached hydrogens (tertiary/aromatic N) is 3. The normalized spacial score (nSPS) is 18.5. The van der Waals surface area contributed by atoms with Crippen molar-refractivity contribution < 1.29 is 4.39 Å². The summed E-state index contributed by atoms with van der Waals surface area (Å²) in [5.41, 5.74) is 5.55. The fraction of sp³-hybridized carbons (Fsp3) is 0.192. The van der Waals surface area contributed by atoms with E-state index in [2.05, 4.69) is 52.9 Å². The predicted molar refractivity (Wildman–Crippen MR) is 124 cm³/mol. The lowest BCUT2D eigenvalue weighted by molar-refractivity contribution is 0.255. The summed E-state index contributed by atoms with van der Waals surface area (Å²) in [6.45, 7) is 6.44. The minimum Gasteiger partial charge on any atom is -0.337 e. The van der Waals surface area contributed by atoms with E-state index in [4.69, 9.17) is 0 Å². The van der Waals surface area contributed by atoms with Gasteiger partial charge in [0.15, 0.2) is 0 Å². The molecule has 31 heavy (non-hydrogen) atoms. The first kappa shape index (κ1) is 19.9. The highest BCUT2D eigenvalue weighted by Gasteiger charge is 2.31. The minimum atomic E-state index is -0.196. The van der Waals surface area contributed by atoms with Crippen LogP contribution in [0.2, 0.25) is 0 Å². The quantitative estimate of drug-likeness (QED) is 0.448. The average molecular weight is 430 g/mol. The number of thioether (sulfide) groups is 1. The Balaban J connectivity index is 1.37. The zero-order valence-electron chi connectivity index (χ0n) is 17.5. The van der Waals surface area contributed by atoms with Crippen LogP contribution in [0.25, 0.3) is 5.69 Å². The zero-order valence-corrected chi connectivity index (χ0v) is 18.3. The molecule has 156 valence electrons. The van der Waals surface area contributed by atoms with Gasteiger partial charge in [0.1, 0.15) is 5.82 Å². The van der Waals surface area contributed by atoms with Gasteiger partial charge in [-0.25, -0.2) is 9.37 Å². The van der Waals surface area contributed by atoms with Crippen molar-refractivity contribution in [1.29, 1.82) is 0 Å². The Kier molecular flexibility index (Phi) is 5.28. The second-order valence-corrected chi connectivity index (χ2v) is 9.10. The number of rotatable bonds is 4. The molecule has 0 bridgehead atoms. The molecular formula is C26H24FN3S. The molecule has 2 aromatic carbocycles. The first-order valence-electron chi connectivity index (χ1n) is 10.5. The fourth-order valence-electron chi connectivity index (χ4n) is 4.31. The Bertz CT molecular complexity index is 1170. The van der Waals surface area contributed by atoms with Gasteiger partial charge in [0.2, 0.25) is 0 Å². The molecule has 2 aliphatic rings. The molecular weight excluding hydrogens is 405 g/mol. The van der Waals surface area contributed by atoms with Crippen LogP contribution in [0.15, 0.2) is 101 Å². The summed E-state index contributed by atoms with van der Waals surface area (Å²) in [4.78, 5) is 8.96. The summed E-state index contributed by atoms with van der Waals surface area (Å²) in [5.74, 6) is -0.196. The molecule has 1 atom stereocenters. The third-order valence-electron chi connectivity index (χ3n) is 5.86. The van der Waals surface area contributed by atoms with Gasteiger partial charge in [-0.3, -0.25) is 0 Å². The van der Waals surface area contributed by atoms with Crippen LogP contribution in [-0.4, -0.2) is 14.5 Å². The highest BCUT2D eigenvalue weighted by Crippen LogP contribution is 2.46. The van der Waals surface area contributed by atoms with Gasteiger partial charge in [-0.05, 0) is 80.3 Å². The highest BCUT2D eigenvalue weighted by molar-refractivity contribution is 8.03. The Hall–Kier alpha value is -3.05. The number of hydrogen-bond donors (Lipinski definition) is 0. The number of benzene rings is 2. The second kappa shape index (κ2) is 8.23. The number of allylic oxidation sites excluding steroid dienone is 3. The van der Waals surface area contributed by atoms with E-state index in [1.54, 1.807) is 23.9 Å². The predicted octanol–water partition coefficient (Wildman–Crippen LogP) is 6.93. The van der Waals surface area contributed by atoms with Crippen molar-refractivity contribution in [3.05, 3.63) is 113 Å². The first-order chi connectivity index (χ1) is 15.1. The Morgan fingerprint density at radius 1 is 1.06 bits per heavy atom. The number of aromatic nitrogens is 2. The summed E-state index contributed by atoms with van der Waals surface area (Å²) in [7, 11) is 0. The van der Waals surface area contributed by atoms with Crippen LogP contribution >= 0.6 is 11.8 Å². The monoisotopic (exact) mass is 429 g/mol. The topological polar surface area (TPSA) is 21.1 Å². The van der Waals surface area contributed by atoms with E-state index in [0.717, 1.165) is 46.8 Å². The summed E-state index contributed by atoms with van der Waals surface area (Å²) < 4.78 is 15.5. The molecule has 0 aliphatic carbocycles. The fourth-order valence-corrected chi connectivity index (χ4v) is 5.19. The molecule has 2 aliphatic heterocycles. The van der Waals surface area contributed by atoms with Gasteiger partial charge in [0.05, 0.1) is 18.1 Å². The van der Waals surface area contributed by atoms with E-state index in [1.807, 2.05) is 36.1 Å². The van der Waals surface area contributed by atoms with E-state index in [9.17, 15) is 4.39 Å². The van der Waals surface area contributed by atoms with Gasteiger partial charge >= 0.3 is 0 Å². The molecule has 3 aromatic rings. The molecule has 1 unspecified atom stereocenters. The average Bonchev–Trinajstić information content (AvgIpc) is 3.23. The molecule has 3 nitrogen and oxygen atoms in total. The largest absolute Gasteiger partial charge is 0.337 e. The zero-order chi connectivity index (χ0) is 21.4. The van der Waals surface area contributed by atoms with Crippen molar-refractivity contribution in [3.63, 3.8) is 0 Å². The maximum atomic E-state index is 13.4. The summed E-state index contributed by atoms with van der Waals surface area (Å²) in [6, 6.07) is 15.6. The number of imidazole rings is 1. The van der Waals surface area contributed by atoms with Crippen LogP contribution < -0.4 is 0 Å². The van der Waals surface area contributed by atoms with Crippen LogP contribution in [0.5, 0.6) is 0 Å². The van der Waals surface area contributed by atoms with Crippen LogP contribution in [0, 0.1) is 12.7 Å². The van der Waals surface area contributed by atoms with Crippen molar-refractivity contribution in [3.8, 4) is 5.69 Å². The maximum absolute atomic E-state index is 13.4. The van der Waals surface area contributed by atoms with Gasteiger partial charge in [-0.2, -0.15) is 0 Å². The molecule has 1 fully saturated rings. The van der Waals surface area contributed by atoms with Crippen molar-refractivity contribution in [1.82, 2.24) is 14.5 Å². The first-order valence-corrected chi connectivity index (χ1v) is 11.3. The van der Waals surface area contributed by atoms with E-state index in [1.165, 1.54) is 10.6 Å². The number of piperidine rings is 1. The molecule has 0 radical (unpaired) electrons. The molecule has 5 heteroatoms. The van der Waals surface area contributed by atoms with Gasteiger partial charge in [0, 0.05) is 33.1 Å². The smallest absolute Gasteiger partial charge is 0.123 e. The van der Waals surface area contributed by atoms with E-state index < -0.39 is 0 Å². The lowest BCUT2D eigenvalue weighted by Gasteiger charge is -2.43. The Morgan fingerprint density at radius 2 is 1.84 bits per heavy atom. The molecule has 1 aromatic heterocycles. The van der Waals surface area contributed by atoms with Gasteiger partial charge in [-0.15, -0.1) is 0 Å². The molecule has 0 N–H and O–H groups in total. The third-order valence-corrected chi connectivity index (χ3v) is 6.96. The van der Waals surface area contributed by atoms with Crippen LogP contribution in [0.3, 0.4) is 0 Å². The van der Waals surface area contributed by atoms with Gasteiger partial charge in [-0.1, -0.05) is 30.5 Å². The van der Waals surface area contributed by atoms with Crippen LogP contribution in [0.4, 0.5) is 4.39 Å². The van der Waals surface area contributed by atoms with Crippen molar-refractivity contribution >= 4 is 11.8 Å². The van der Waals surface area contributed by atoms with Crippen LogP contribution in [0.1, 0.15) is 36.6 Å². The number of aryl methyl sites for hydroxylation is 1. The Labute approximate surface area is 186 Å². The van der Waals surface area contributed by atoms with Gasteiger partial charge in [0.25, 0.3) is 0 Å². The number of hydrogen-bond acceptors (Lipinski definition) is 3.